The summed E-state index contributed by atoms with van der Waals surface area (Å²) in [6.45, 7) is 2.52. The second kappa shape index (κ2) is 5.88. The maximum absolute atomic E-state index is 12.4. The van der Waals surface area contributed by atoms with E-state index in [4.69, 9.17) is 4.74 Å². The van der Waals surface area contributed by atoms with E-state index >= 15 is 0 Å². The lowest BCUT2D eigenvalue weighted by Crippen LogP contribution is -2.31. The van der Waals surface area contributed by atoms with Gasteiger partial charge in [0.2, 0.25) is 11.6 Å². The SMILES string of the molecule is COC1=C(C)C(=O)c2ccnc(CNC(=O)C(C)=O)c2C1=O. The minimum absolute atomic E-state index is 0.0374. The van der Waals surface area contributed by atoms with E-state index in [0.717, 1.165) is 6.92 Å². The van der Waals surface area contributed by atoms with Crippen molar-refractivity contribution in [2.45, 2.75) is 20.4 Å². The molecule has 1 aromatic rings. The normalized spacial score (nSPS) is 13.8. The third-order valence-corrected chi connectivity index (χ3v) is 3.33. The molecular weight excluding hydrogens is 288 g/mol. The predicted octanol–water partition coefficient (Wildman–Crippen LogP) is 0.586. The zero-order valence-corrected chi connectivity index (χ0v) is 12.4. The van der Waals surface area contributed by atoms with Crippen LogP contribution in [0.15, 0.2) is 23.6 Å². The molecule has 0 aromatic carbocycles. The van der Waals surface area contributed by atoms with Crippen molar-refractivity contribution in [2.24, 2.45) is 0 Å². The number of ketones is 3. The first-order valence-corrected chi connectivity index (χ1v) is 6.49. The Morgan fingerprint density at radius 2 is 1.95 bits per heavy atom. The second-order valence-electron chi connectivity index (χ2n) is 4.74. The molecule has 0 aliphatic heterocycles. The fourth-order valence-electron chi connectivity index (χ4n) is 2.20. The van der Waals surface area contributed by atoms with E-state index < -0.39 is 17.5 Å². The summed E-state index contributed by atoms with van der Waals surface area (Å²) in [7, 11) is 1.31. The summed E-state index contributed by atoms with van der Waals surface area (Å²) in [5, 5.41) is 2.36. The van der Waals surface area contributed by atoms with Gasteiger partial charge in [0.1, 0.15) is 0 Å². The Morgan fingerprint density at radius 3 is 2.55 bits per heavy atom. The van der Waals surface area contributed by atoms with Gasteiger partial charge in [0, 0.05) is 24.3 Å². The number of fused-ring (bicyclic) bond motifs is 1. The van der Waals surface area contributed by atoms with Crippen LogP contribution in [0.3, 0.4) is 0 Å². The van der Waals surface area contributed by atoms with Crippen molar-refractivity contribution in [2.75, 3.05) is 7.11 Å². The van der Waals surface area contributed by atoms with Crippen molar-refractivity contribution in [1.29, 1.82) is 0 Å². The molecule has 7 heteroatoms. The Hall–Kier alpha value is -2.83. The topological polar surface area (TPSA) is 102 Å². The van der Waals surface area contributed by atoms with Crippen molar-refractivity contribution >= 4 is 23.3 Å². The molecule has 22 heavy (non-hydrogen) atoms. The first-order valence-electron chi connectivity index (χ1n) is 6.49. The van der Waals surface area contributed by atoms with Gasteiger partial charge in [0.15, 0.2) is 11.5 Å². The van der Waals surface area contributed by atoms with Crippen LogP contribution >= 0.6 is 0 Å². The van der Waals surface area contributed by atoms with Crippen LogP contribution < -0.4 is 5.32 Å². The zero-order valence-electron chi connectivity index (χ0n) is 12.4. The molecule has 2 rings (SSSR count). The van der Waals surface area contributed by atoms with E-state index in [0.29, 0.717) is 0 Å². The first kappa shape index (κ1) is 15.6. The van der Waals surface area contributed by atoms with Crippen LogP contribution in [0.5, 0.6) is 0 Å². The summed E-state index contributed by atoms with van der Waals surface area (Å²) in [6.07, 6.45) is 1.38. The van der Waals surface area contributed by atoms with Crippen molar-refractivity contribution in [3.8, 4) is 0 Å². The molecule has 0 spiro atoms. The van der Waals surface area contributed by atoms with Crippen LogP contribution in [-0.4, -0.2) is 35.4 Å². The van der Waals surface area contributed by atoms with Gasteiger partial charge in [-0.1, -0.05) is 0 Å². The second-order valence-corrected chi connectivity index (χ2v) is 4.74. The number of carbonyl (C=O) groups is 4. The van der Waals surface area contributed by atoms with Gasteiger partial charge in [0.25, 0.3) is 5.91 Å². The Morgan fingerprint density at radius 1 is 1.27 bits per heavy atom. The van der Waals surface area contributed by atoms with Crippen molar-refractivity contribution in [1.82, 2.24) is 10.3 Å². The number of carbonyl (C=O) groups excluding carboxylic acids is 4. The number of methoxy groups -OCH3 is 1. The lowest BCUT2D eigenvalue weighted by Gasteiger charge is -2.19. The zero-order chi connectivity index (χ0) is 16.4. The van der Waals surface area contributed by atoms with Gasteiger partial charge < -0.3 is 10.1 Å². The van der Waals surface area contributed by atoms with Gasteiger partial charge in [-0.15, -0.1) is 0 Å². The summed E-state index contributed by atoms with van der Waals surface area (Å²) in [5.41, 5.74) is 0.751. The van der Waals surface area contributed by atoms with E-state index in [1.807, 2.05) is 0 Å². The molecule has 1 N–H and O–H groups in total. The largest absolute Gasteiger partial charge is 0.492 e. The molecule has 0 saturated carbocycles. The third kappa shape index (κ3) is 2.52. The van der Waals surface area contributed by atoms with Crippen molar-refractivity contribution in [3.05, 3.63) is 40.4 Å². The third-order valence-electron chi connectivity index (χ3n) is 3.33. The predicted molar refractivity (Wildman–Crippen MR) is 75.1 cm³/mol. The summed E-state index contributed by atoms with van der Waals surface area (Å²) in [5.74, 6) is -2.26. The van der Waals surface area contributed by atoms with E-state index in [1.165, 1.54) is 26.3 Å². The monoisotopic (exact) mass is 302 g/mol. The maximum Gasteiger partial charge on any atom is 0.287 e. The lowest BCUT2D eigenvalue weighted by atomic mass is 9.88. The van der Waals surface area contributed by atoms with Crippen LogP contribution in [0.2, 0.25) is 0 Å². The average Bonchev–Trinajstić information content (AvgIpc) is 2.50. The number of hydrogen-bond acceptors (Lipinski definition) is 6. The first-order chi connectivity index (χ1) is 10.4. The molecule has 0 bridgehead atoms. The number of hydrogen-bond donors (Lipinski definition) is 1. The average molecular weight is 302 g/mol. The fourth-order valence-corrected chi connectivity index (χ4v) is 2.20. The minimum atomic E-state index is -0.785. The fraction of sp³-hybridized carbons (Fsp3) is 0.267. The van der Waals surface area contributed by atoms with E-state index in [1.54, 1.807) is 0 Å². The quantitative estimate of drug-likeness (QED) is 0.816. The van der Waals surface area contributed by atoms with Gasteiger partial charge in [-0.3, -0.25) is 24.2 Å². The number of amides is 1. The molecule has 114 valence electrons. The number of pyridine rings is 1. The molecule has 7 nitrogen and oxygen atoms in total. The summed E-state index contributed by atoms with van der Waals surface area (Å²) in [6, 6.07) is 1.45. The van der Waals surface area contributed by atoms with E-state index in [-0.39, 0.29) is 40.5 Å². The molecule has 0 unspecified atom stereocenters. The van der Waals surface area contributed by atoms with Gasteiger partial charge >= 0.3 is 0 Å². The molecule has 1 aliphatic rings. The molecule has 0 radical (unpaired) electrons. The Kier molecular flexibility index (Phi) is 4.16. The number of allylic oxidation sites excluding steroid dienone is 2. The summed E-state index contributed by atoms with van der Waals surface area (Å²) < 4.78 is 5.00. The molecule has 1 heterocycles. The van der Waals surface area contributed by atoms with E-state index in [2.05, 4.69) is 10.3 Å². The summed E-state index contributed by atoms with van der Waals surface area (Å²) >= 11 is 0. The molecule has 1 aromatic heterocycles. The lowest BCUT2D eigenvalue weighted by molar-refractivity contribution is -0.136. The van der Waals surface area contributed by atoms with Crippen LogP contribution in [0.1, 0.15) is 40.3 Å². The number of ether oxygens (including phenoxy) is 1. The smallest absolute Gasteiger partial charge is 0.287 e. The molecule has 1 aliphatic carbocycles. The number of nitrogens with one attached hydrogen (secondary N) is 1. The molecule has 1 amide bonds. The highest BCUT2D eigenvalue weighted by molar-refractivity contribution is 6.35. The molecule has 0 saturated heterocycles. The van der Waals surface area contributed by atoms with E-state index in [9.17, 15) is 19.2 Å². The highest BCUT2D eigenvalue weighted by Crippen LogP contribution is 2.27. The molecular formula is C15H14N2O5. The summed E-state index contributed by atoms with van der Waals surface area (Å²) in [4.78, 5) is 51.0. The van der Waals surface area contributed by atoms with Gasteiger partial charge in [-0.25, -0.2) is 0 Å². The molecule has 0 atom stereocenters. The van der Waals surface area contributed by atoms with Gasteiger partial charge in [-0.2, -0.15) is 0 Å². The minimum Gasteiger partial charge on any atom is -0.492 e. The van der Waals surface area contributed by atoms with Crippen molar-refractivity contribution < 1.29 is 23.9 Å². The molecule has 0 fully saturated rings. The standard InChI is InChI=1S/C15H14N2O5/c1-7-12(19)9-4-5-16-10(6-17-15(21)8(2)18)11(9)13(20)14(7)22-3/h4-5H,6H2,1-3H3,(H,17,21). The number of nitrogens with zero attached hydrogens (tertiary/aromatic N) is 1. The Labute approximate surface area is 126 Å². The highest BCUT2D eigenvalue weighted by atomic mass is 16.5. The Bertz CT molecular complexity index is 733. The van der Waals surface area contributed by atoms with Crippen LogP contribution in [-0.2, 0) is 20.9 Å². The maximum atomic E-state index is 12.4. The van der Waals surface area contributed by atoms with Crippen LogP contribution in [0, 0.1) is 0 Å². The Balaban J connectivity index is 2.44. The van der Waals surface area contributed by atoms with Gasteiger partial charge in [0.05, 0.1) is 24.9 Å². The van der Waals surface area contributed by atoms with Crippen LogP contribution in [0.4, 0.5) is 0 Å². The number of aromatic nitrogens is 1. The number of rotatable bonds is 4. The highest BCUT2D eigenvalue weighted by Gasteiger charge is 2.33. The number of Topliss-reactive ketones (excluding diaryl/α,β-unsaturated/α-hetero) is 3. The van der Waals surface area contributed by atoms with Crippen LogP contribution in [0.25, 0.3) is 0 Å². The van der Waals surface area contributed by atoms with Crippen molar-refractivity contribution in [3.63, 3.8) is 0 Å². The van der Waals surface area contributed by atoms with Gasteiger partial charge in [-0.05, 0) is 13.0 Å².